The predicted molar refractivity (Wildman–Crippen MR) is 159 cm³/mol. The van der Waals surface area contributed by atoms with Crippen molar-refractivity contribution in [3.8, 4) is 0 Å². The van der Waals surface area contributed by atoms with Crippen molar-refractivity contribution in [2.24, 2.45) is 5.92 Å². The first-order valence-electron chi connectivity index (χ1n) is 15.0. The fourth-order valence-electron chi connectivity index (χ4n) is 6.11. The number of anilines is 3. The van der Waals surface area contributed by atoms with E-state index in [0.29, 0.717) is 69.1 Å². The molecule has 10 nitrogen and oxygen atoms in total. The zero-order chi connectivity index (χ0) is 30.1. The number of carboxylic acids is 1. The summed E-state index contributed by atoms with van der Waals surface area (Å²) in [5.41, 5.74) is 3.00. The van der Waals surface area contributed by atoms with Gasteiger partial charge in [-0.2, -0.15) is 0 Å². The lowest BCUT2D eigenvalue weighted by atomic mass is 9.85. The second-order valence-electron chi connectivity index (χ2n) is 11.8. The van der Waals surface area contributed by atoms with Crippen LogP contribution in [0.25, 0.3) is 0 Å². The molecule has 2 atom stereocenters. The zero-order valence-electron chi connectivity index (χ0n) is 24.1. The van der Waals surface area contributed by atoms with E-state index in [2.05, 4.69) is 39.6 Å². The number of aromatic nitrogens is 1. The Labute approximate surface area is 249 Å². The Morgan fingerprint density at radius 2 is 1.70 bits per heavy atom. The number of oxazole rings is 1. The summed E-state index contributed by atoms with van der Waals surface area (Å²) in [5.74, 6) is -2.52. The number of carbonyl (C=O) groups excluding carboxylic acids is 2. The van der Waals surface area contributed by atoms with Crippen molar-refractivity contribution < 1.29 is 28.3 Å². The summed E-state index contributed by atoms with van der Waals surface area (Å²) in [7, 11) is 0. The molecule has 43 heavy (non-hydrogen) atoms. The standard InChI is InChI=1S/C32H36FN5O5/c1-19-5-2-3-8-27(19)37-11-13-38(14-12-37)28-17-24(33)23(29(39)34-22-7-4-6-21(15-22)32(41)42)16-25(28)35-30(40)26-18-43-31(36-26)20-9-10-20/h2-3,5,8,16-18,20-22H,4,6-7,9-15H2,1H3,(H,34,39)(H,35,40)(H,41,42)/t21-,22?/m1/s1. The van der Waals surface area contributed by atoms with Crippen LogP contribution in [0.2, 0.25) is 0 Å². The van der Waals surface area contributed by atoms with E-state index in [4.69, 9.17) is 4.42 Å². The molecule has 226 valence electrons. The minimum Gasteiger partial charge on any atom is -0.481 e. The molecule has 3 aliphatic rings. The first-order valence-corrected chi connectivity index (χ1v) is 15.0. The molecule has 2 aliphatic carbocycles. The van der Waals surface area contributed by atoms with Crippen molar-refractivity contribution in [3.63, 3.8) is 0 Å². The first-order chi connectivity index (χ1) is 20.8. The van der Waals surface area contributed by atoms with E-state index >= 15 is 4.39 Å². The number of aryl methyl sites for hydroxylation is 1. The quantitative estimate of drug-likeness (QED) is 0.337. The van der Waals surface area contributed by atoms with Crippen molar-refractivity contribution in [1.82, 2.24) is 10.3 Å². The van der Waals surface area contributed by atoms with E-state index < -0.39 is 29.5 Å². The third-order valence-corrected chi connectivity index (χ3v) is 8.69. The van der Waals surface area contributed by atoms with Gasteiger partial charge in [-0.25, -0.2) is 9.37 Å². The molecule has 0 spiro atoms. The van der Waals surface area contributed by atoms with Crippen molar-refractivity contribution in [2.45, 2.75) is 57.4 Å². The number of hydrogen-bond donors (Lipinski definition) is 3. The number of piperazine rings is 1. The Hall–Kier alpha value is -4.41. The normalized spacial score (nSPS) is 20.5. The minimum atomic E-state index is -0.889. The fraction of sp³-hybridized carbons (Fsp3) is 0.438. The maximum atomic E-state index is 15.6. The molecule has 1 saturated heterocycles. The SMILES string of the molecule is Cc1ccccc1N1CCN(c2cc(F)c(C(=O)NC3CCC[C@@H](C(=O)O)C3)cc2NC(=O)c2coc(C3CC3)n2)CC1. The third kappa shape index (κ3) is 6.35. The number of halogens is 1. The summed E-state index contributed by atoms with van der Waals surface area (Å²) < 4.78 is 21.1. The molecule has 3 aromatic rings. The third-order valence-electron chi connectivity index (χ3n) is 8.69. The molecule has 2 saturated carbocycles. The Kier molecular flexibility index (Phi) is 8.05. The first kappa shape index (κ1) is 28.7. The summed E-state index contributed by atoms with van der Waals surface area (Å²) in [5, 5.41) is 15.1. The van der Waals surface area contributed by atoms with Crippen LogP contribution < -0.4 is 20.4 Å². The zero-order valence-corrected chi connectivity index (χ0v) is 24.1. The van der Waals surface area contributed by atoms with Gasteiger partial charge in [0.1, 0.15) is 12.1 Å². The molecular weight excluding hydrogens is 553 g/mol. The van der Waals surface area contributed by atoms with Crippen LogP contribution in [0, 0.1) is 18.7 Å². The number of amides is 2. The average molecular weight is 590 g/mol. The Morgan fingerprint density at radius 1 is 0.977 bits per heavy atom. The van der Waals surface area contributed by atoms with Gasteiger partial charge >= 0.3 is 5.97 Å². The van der Waals surface area contributed by atoms with Gasteiger partial charge < -0.3 is 30.0 Å². The molecule has 1 aliphatic heterocycles. The highest BCUT2D eigenvalue weighted by atomic mass is 19.1. The Bertz CT molecular complexity index is 1530. The van der Waals surface area contributed by atoms with Gasteiger partial charge in [-0.05, 0) is 56.7 Å². The highest BCUT2D eigenvalue weighted by Gasteiger charge is 2.31. The lowest BCUT2D eigenvalue weighted by Gasteiger charge is -2.38. The maximum Gasteiger partial charge on any atom is 0.306 e. The monoisotopic (exact) mass is 589 g/mol. The number of nitrogens with zero attached hydrogens (tertiary/aromatic N) is 3. The predicted octanol–water partition coefficient (Wildman–Crippen LogP) is 4.95. The molecule has 3 N–H and O–H groups in total. The number of rotatable bonds is 8. The van der Waals surface area contributed by atoms with Crippen LogP contribution in [0.4, 0.5) is 21.5 Å². The smallest absolute Gasteiger partial charge is 0.306 e. The van der Waals surface area contributed by atoms with Gasteiger partial charge in [-0.1, -0.05) is 24.6 Å². The van der Waals surface area contributed by atoms with Gasteiger partial charge in [-0.15, -0.1) is 0 Å². The molecule has 11 heteroatoms. The van der Waals surface area contributed by atoms with Crippen LogP contribution in [-0.2, 0) is 4.79 Å². The number of nitrogens with one attached hydrogen (secondary N) is 2. The van der Waals surface area contributed by atoms with Gasteiger partial charge in [0.15, 0.2) is 11.6 Å². The fourth-order valence-corrected chi connectivity index (χ4v) is 6.11. The van der Waals surface area contributed by atoms with Crippen LogP contribution in [0.15, 0.2) is 47.1 Å². The van der Waals surface area contributed by atoms with Crippen LogP contribution in [-0.4, -0.2) is 60.1 Å². The number of para-hydroxylation sites is 1. The molecule has 1 aromatic heterocycles. The maximum absolute atomic E-state index is 15.6. The van der Waals surface area contributed by atoms with Gasteiger partial charge in [0, 0.05) is 49.9 Å². The van der Waals surface area contributed by atoms with Crippen molar-refractivity contribution in [1.29, 1.82) is 0 Å². The lowest BCUT2D eigenvalue weighted by Crippen LogP contribution is -2.47. The molecule has 2 aromatic carbocycles. The summed E-state index contributed by atoms with van der Waals surface area (Å²) in [6, 6.07) is 10.5. The van der Waals surface area contributed by atoms with E-state index in [9.17, 15) is 19.5 Å². The summed E-state index contributed by atoms with van der Waals surface area (Å²) in [6.07, 6.45) is 5.42. The van der Waals surface area contributed by atoms with Gasteiger partial charge in [0.05, 0.1) is 22.9 Å². The van der Waals surface area contributed by atoms with Crippen LogP contribution in [0.1, 0.15) is 76.7 Å². The Balaban J connectivity index is 1.24. The molecule has 2 amide bonds. The second kappa shape index (κ2) is 12.1. The van der Waals surface area contributed by atoms with Crippen molar-refractivity contribution in [2.75, 3.05) is 41.3 Å². The summed E-state index contributed by atoms with van der Waals surface area (Å²) >= 11 is 0. The number of carboxylic acid groups (broad SMARTS) is 1. The van der Waals surface area contributed by atoms with Gasteiger partial charge in [0.2, 0.25) is 0 Å². The van der Waals surface area contributed by atoms with E-state index in [1.165, 1.54) is 24.0 Å². The number of benzene rings is 2. The van der Waals surface area contributed by atoms with E-state index in [1.54, 1.807) is 0 Å². The Morgan fingerprint density at radius 3 is 2.40 bits per heavy atom. The number of aliphatic carboxylic acids is 1. The summed E-state index contributed by atoms with van der Waals surface area (Å²) in [6.45, 7) is 4.63. The molecule has 3 fully saturated rings. The molecule has 1 unspecified atom stereocenters. The molecule has 6 rings (SSSR count). The molecule has 0 bridgehead atoms. The van der Waals surface area contributed by atoms with E-state index in [-0.39, 0.29) is 23.2 Å². The average Bonchev–Trinajstić information content (AvgIpc) is 3.74. The highest BCUT2D eigenvalue weighted by molar-refractivity contribution is 6.06. The number of hydrogen-bond acceptors (Lipinski definition) is 7. The highest BCUT2D eigenvalue weighted by Crippen LogP contribution is 2.39. The topological polar surface area (TPSA) is 128 Å². The van der Waals surface area contributed by atoms with Crippen molar-refractivity contribution >= 4 is 34.8 Å². The largest absolute Gasteiger partial charge is 0.481 e. The molecular formula is C32H36FN5O5. The van der Waals surface area contributed by atoms with Crippen LogP contribution in [0.3, 0.4) is 0 Å². The van der Waals surface area contributed by atoms with Crippen LogP contribution >= 0.6 is 0 Å². The lowest BCUT2D eigenvalue weighted by molar-refractivity contribution is -0.143. The number of carbonyl (C=O) groups is 3. The van der Waals surface area contributed by atoms with Gasteiger partial charge in [0.25, 0.3) is 11.8 Å². The molecule has 2 heterocycles. The van der Waals surface area contributed by atoms with Crippen LogP contribution in [0.5, 0.6) is 0 Å². The van der Waals surface area contributed by atoms with Crippen molar-refractivity contribution in [3.05, 3.63) is 71.2 Å². The summed E-state index contributed by atoms with van der Waals surface area (Å²) in [4.78, 5) is 46.6. The van der Waals surface area contributed by atoms with Gasteiger partial charge in [-0.3, -0.25) is 14.4 Å². The molecule has 0 radical (unpaired) electrons. The van der Waals surface area contributed by atoms with E-state index in [0.717, 1.165) is 18.5 Å². The van der Waals surface area contributed by atoms with E-state index in [1.807, 2.05) is 17.0 Å². The minimum absolute atomic E-state index is 0.120. The second-order valence-corrected chi connectivity index (χ2v) is 11.8.